The molecule has 2 aromatic heterocycles. The van der Waals surface area contributed by atoms with Crippen LogP contribution in [0.5, 0.6) is 0 Å². The van der Waals surface area contributed by atoms with Crippen LogP contribution >= 0.6 is 0 Å². The molecule has 0 amide bonds. The van der Waals surface area contributed by atoms with Crippen molar-refractivity contribution >= 4 is 5.52 Å². The Labute approximate surface area is 76.5 Å². The maximum atomic E-state index is 11.7. The highest BCUT2D eigenvalue weighted by molar-refractivity contribution is 5.50. The second kappa shape index (κ2) is 2.73. The maximum Gasteiger partial charge on any atom is 0.258 e. The second-order valence-electron chi connectivity index (χ2n) is 3.25. The summed E-state index contributed by atoms with van der Waals surface area (Å²) in [6, 6.07) is 7.76. The van der Waals surface area contributed by atoms with Crippen molar-refractivity contribution in [3.05, 3.63) is 51.9 Å². The third kappa shape index (κ3) is 1.15. The zero-order chi connectivity index (χ0) is 9.42. The molecule has 66 valence electrons. The van der Waals surface area contributed by atoms with E-state index < -0.39 is 0 Å². The van der Waals surface area contributed by atoms with Crippen molar-refractivity contribution in [3.63, 3.8) is 0 Å². The van der Waals surface area contributed by atoms with E-state index in [1.54, 1.807) is 10.6 Å². The number of nitrogens with zero attached hydrogens (tertiary/aromatic N) is 1. The Morgan fingerprint density at radius 3 is 2.77 bits per heavy atom. The number of aryl methyl sites for hydroxylation is 1. The Morgan fingerprint density at radius 2 is 2.00 bits per heavy atom. The molecule has 0 fully saturated rings. The lowest BCUT2D eigenvalue weighted by molar-refractivity contribution is 1.05. The van der Waals surface area contributed by atoms with E-state index in [0.717, 1.165) is 16.6 Å². The Hall–Kier alpha value is -1.57. The molecule has 0 aliphatic carbocycles. The first kappa shape index (κ1) is 8.05. The Kier molecular flexibility index (Phi) is 1.69. The molecule has 2 nitrogen and oxygen atoms in total. The summed E-state index contributed by atoms with van der Waals surface area (Å²) in [6.45, 7) is 3.82. The van der Waals surface area contributed by atoms with Gasteiger partial charge < -0.3 is 0 Å². The quantitative estimate of drug-likeness (QED) is 0.596. The highest BCUT2D eigenvalue weighted by atomic mass is 16.1. The largest absolute Gasteiger partial charge is 0.284 e. The lowest BCUT2D eigenvalue weighted by Crippen LogP contribution is -2.16. The molecule has 13 heavy (non-hydrogen) atoms. The van der Waals surface area contributed by atoms with Gasteiger partial charge >= 0.3 is 0 Å². The average molecular weight is 173 g/mol. The summed E-state index contributed by atoms with van der Waals surface area (Å²) in [5, 5.41) is 0. The first-order valence-corrected chi connectivity index (χ1v) is 4.28. The van der Waals surface area contributed by atoms with Crippen LogP contribution in [0.15, 0.2) is 35.3 Å². The van der Waals surface area contributed by atoms with Gasteiger partial charge in [0.15, 0.2) is 0 Å². The minimum Gasteiger partial charge on any atom is -0.284 e. The van der Waals surface area contributed by atoms with Crippen LogP contribution in [0.3, 0.4) is 0 Å². The lowest BCUT2D eigenvalue weighted by Gasteiger charge is -2.03. The molecule has 0 saturated carbocycles. The molecule has 0 spiro atoms. The number of hydrogen-bond acceptors (Lipinski definition) is 1. The van der Waals surface area contributed by atoms with Crippen molar-refractivity contribution < 1.29 is 0 Å². The Morgan fingerprint density at radius 1 is 1.23 bits per heavy atom. The van der Waals surface area contributed by atoms with E-state index >= 15 is 0 Å². The highest BCUT2D eigenvalue weighted by Crippen LogP contribution is 2.06. The van der Waals surface area contributed by atoms with Gasteiger partial charge in [0.2, 0.25) is 0 Å². The van der Waals surface area contributed by atoms with Crippen molar-refractivity contribution in [2.24, 2.45) is 0 Å². The van der Waals surface area contributed by atoms with Crippen LogP contribution in [0.2, 0.25) is 0 Å². The minimum absolute atomic E-state index is 0.0793. The second-order valence-corrected chi connectivity index (χ2v) is 3.25. The van der Waals surface area contributed by atoms with Crippen LogP contribution in [0.4, 0.5) is 0 Å². The average Bonchev–Trinajstić information content (AvgIpc) is 2.15. The highest BCUT2D eigenvalue weighted by Gasteiger charge is 2.01. The smallest absolute Gasteiger partial charge is 0.258 e. The molecule has 0 unspecified atom stereocenters. The van der Waals surface area contributed by atoms with Crippen molar-refractivity contribution in [3.8, 4) is 0 Å². The molecule has 2 heteroatoms. The molecule has 0 bridgehead atoms. The molecule has 0 aliphatic rings. The number of hydrogen-bond donors (Lipinski definition) is 0. The molecule has 0 saturated heterocycles. The van der Waals surface area contributed by atoms with Gasteiger partial charge in [0.05, 0.1) is 0 Å². The van der Waals surface area contributed by atoms with Gasteiger partial charge in [-0.05, 0) is 37.6 Å². The summed E-state index contributed by atoms with van der Waals surface area (Å²) in [4.78, 5) is 11.7. The van der Waals surface area contributed by atoms with Crippen molar-refractivity contribution in [1.29, 1.82) is 0 Å². The monoisotopic (exact) mass is 173 g/mol. The van der Waals surface area contributed by atoms with E-state index in [1.165, 1.54) is 0 Å². The predicted octanol–water partition coefficient (Wildman–Crippen LogP) is 1.92. The molecular formula is C11H11NO. The van der Waals surface area contributed by atoms with E-state index in [9.17, 15) is 4.79 Å². The van der Waals surface area contributed by atoms with Gasteiger partial charge in [0, 0.05) is 17.3 Å². The summed E-state index contributed by atoms with van der Waals surface area (Å²) in [7, 11) is 0. The van der Waals surface area contributed by atoms with Crippen LogP contribution in [0.1, 0.15) is 11.1 Å². The molecule has 0 atom stereocenters. The van der Waals surface area contributed by atoms with E-state index in [1.807, 2.05) is 38.1 Å². The molecule has 0 aliphatic heterocycles. The van der Waals surface area contributed by atoms with Gasteiger partial charge in [-0.25, -0.2) is 0 Å². The van der Waals surface area contributed by atoms with Gasteiger partial charge in [0.1, 0.15) is 0 Å². The van der Waals surface area contributed by atoms with E-state index in [2.05, 4.69) is 0 Å². The summed E-state index contributed by atoms with van der Waals surface area (Å²) in [5.74, 6) is 0. The van der Waals surface area contributed by atoms with Gasteiger partial charge in [-0.3, -0.25) is 9.20 Å². The third-order valence-electron chi connectivity index (χ3n) is 2.39. The van der Waals surface area contributed by atoms with Gasteiger partial charge in [-0.2, -0.15) is 0 Å². The molecule has 2 heterocycles. The summed E-state index contributed by atoms with van der Waals surface area (Å²) in [5.41, 5.74) is 2.91. The molecule has 0 radical (unpaired) electrons. The Balaban J connectivity index is 3.03. The normalized spacial score (nSPS) is 10.6. The number of fused-ring (bicyclic) bond motifs is 1. The fourth-order valence-electron chi connectivity index (χ4n) is 1.44. The summed E-state index contributed by atoms with van der Waals surface area (Å²) in [6.07, 6.45) is 1.80. The predicted molar refractivity (Wildman–Crippen MR) is 53.1 cm³/mol. The zero-order valence-corrected chi connectivity index (χ0v) is 7.74. The first-order valence-electron chi connectivity index (χ1n) is 4.28. The van der Waals surface area contributed by atoms with Crippen LogP contribution < -0.4 is 5.56 Å². The third-order valence-corrected chi connectivity index (χ3v) is 2.39. The number of aromatic nitrogens is 1. The van der Waals surface area contributed by atoms with Crippen molar-refractivity contribution in [2.45, 2.75) is 13.8 Å². The van der Waals surface area contributed by atoms with E-state index in [-0.39, 0.29) is 5.56 Å². The molecular weight excluding hydrogens is 162 g/mol. The van der Waals surface area contributed by atoms with Crippen molar-refractivity contribution in [1.82, 2.24) is 4.40 Å². The molecule has 2 aromatic rings. The van der Waals surface area contributed by atoms with E-state index in [4.69, 9.17) is 0 Å². The fraction of sp³-hybridized carbons (Fsp3) is 0.182. The van der Waals surface area contributed by atoms with Gasteiger partial charge in [0.25, 0.3) is 5.56 Å². The minimum atomic E-state index is 0.0793. The van der Waals surface area contributed by atoms with Gasteiger partial charge in [-0.15, -0.1) is 0 Å². The van der Waals surface area contributed by atoms with Crippen LogP contribution in [-0.2, 0) is 0 Å². The number of pyridine rings is 2. The van der Waals surface area contributed by atoms with E-state index in [0.29, 0.717) is 0 Å². The fourth-order valence-corrected chi connectivity index (χ4v) is 1.44. The molecule has 2 rings (SSSR count). The zero-order valence-electron chi connectivity index (χ0n) is 7.74. The summed E-state index contributed by atoms with van der Waals surface area (Å²) < 4.78 is 1.67. The standard InChI is InChI=1S/C11H11NO/c1-8-7-10-5-3-4-6-12(10)11(13)9(8)2/h3-7H,1-2H3. The number of rotatable bonds is 0. The van der Waals surface area contributed by atoms with Crippen molar-refractivity contribution in [2.75, 3.05) is 0 Å². The lowest BCUT2D eigenvalue weighted by atomic mass is 10.1. The maximum absolute atomic E-state index is 11.7. The summed E-state index contributed by atoms with van der Waals surface area (Å²) >= 11 is 0. The topological polar surface area (TPSA) is 21.5 Å². The molecule has 0 aromatic carbocycles. The van der Waals surface area contributed by atoms with Gasteiger partial charge in [-0.1, -0.05) is 6.07 Å². The first-order chi connectivity index (χ1) is 6.20. The Bertz CT molecular complexity index is 511. The van der Waals surface area contributed by atoms with Crippen LogP contribution in [0, 0.1) is 13.8 Å². The van der Waals surface area contributed by atoms with Crippen LogP contribution in [-0.4, -0.2) is 4.40 Å². The molecule has 0 N–H and O–H groups in total. The SMILES string of the molecule is Cc1cc2ccccn2c(=O)c1C. The van der Waals surface area contributed by atoms with Crippen LogP contribution in [0.25, 0.3) is 5.52 Å².